The van der Waals surface area contributed by atoms with Crippen molar-refractivity contribution in [3.8, 4) is 0 Å². The summed E-state index contributed by atoms with van der Waals surface area (Å²) in [5, 5.41) is 6.90. The first kappa shape index (κ1) is 21.7. The van der Waals surface area contributed by atoms with E-state index in [1.165, 1.54) is 0 Å². The Balaban J connectivity index is 1.83. The second-order valence-corrected chi connectivity index (χ2v) is 8.17. The molecule has 154 valence electrons. The topological polar surface area (TPSA) is 74.9 Å². The zero-order chi connectivity index (χ0) is 19.7. The molecule has 1 saturated heterocycles. The fourth-order valence-corrected chi connectivity index (χ4v) is 3.12. The predicted molar refractivity (Wildman–Crippen MR) is 109 cm³/mol. The maximum Gasteiger partial charge on any atom is 0.216 e. The highest BCUT2D eigenvalue weighted by Crippen LogP contribution is 2.22. The molecule has 7 heteroatoms. The average Bonchev–Trinajstić information content (AvgIpc) is 3.11. The number of nitrogens with zero attached hydrogens (tertiary/aromatic N) is 3. The van der Waals surface area contributed by atoms with Crippen LogP contribution >= 0.6 is 0 Å². The lowest BCUT2D eigenvalue weighted by molar-refractivity contribution is 0.155. The molecule has 27 heavy (non-hydrogen) atoms. The fourth-order valence-electron chi connectivity index (χ4n) is 3.12. The van der Waals surface area contributed by atoms with Gasteiger partial charge in [-0.3, -0.25) is 0 Å². The normalized spacial score (nSPS) is 17.3. The van der Waals surface area contributed by atoms with Crippen LogP contribution in [0, 0.1) is 0 Å². The van der Waals surface area contributed by atoms with Crippen LogP contribution in [-0.4, -0.2) is 61.8 Å². The number of oxazole rings is 1. The molecule has 2 N–H and O–H groups in total. The second-order valence-electron chi connectivity index (χ2n) is 8.17. The molecule has 1 aliphatic rings. The molecule has 2 heterocycles. The largest absolute Gasteiger partial charge is 0.443 e. The molecule has 1 aromatic heterocycles. The van der Waals surface area contributed by atoms with Crippen molar-refractivity contribution in [2.24, 2.45) is 4.99 Å². The number of rotatable bonds is 8. The van der Waals surface area contributed by atoms with Gasteiger partial charge in [-0.15, -0.1) is 0 Å². The maximum absolute atomic E-state index is 5.84. The van der Waals surface area contributed by atoms with Crippen LogP contribution in [0.15, 0.2) is 15.6 Å². The second kappa shape index (κ2) is 10.7. The Hall–Kier alpha value is -1.60. The molecule has 2 rings (SSSR count). The van der Waals surface area contributed by atoms with Gasteiger partial charge in [0.05, 0.1) is 6.20 Å². The van der Waals surface area contributed by atoms with Crippen molar-refractivity contribution in [2.75, 3.05) is 39.9 Å². The highest BCUT2D eigenvalue weighted by Gasteiger charge is 2.21. The third-order valence-corrected chi connectivity index (χ3v) is 4.76. The van der Waals surface area contributed by atoms with Crippen LogP contribution in [0.5, 0.6) is 0 Å². The molecule has 0 amide bonds. The van der Waals surface area contributed by atoms with Crippen LogP contribution in [0.4, 0.5) is 0 Å². The van der Waals surface area contributed by atoms with Crippen molar-refractivity contribution in [2.45, 2.75) is 65.0 Å². The Morgan fingerprint density at radius 3 is 2.70 bits per heavy atom. The summed E-state index contributed by atoms with van der Waals surface area (Å²) >= 11 is 0. The van der Waals surface area contributed by atoms with Crippen LogP contribution in [0.3, 0.4) is 0 Å². The first-order valence-corrected chi connectivity index (χ1v) is 10.1. The summed E-state index contributed by atoms with van der Waals surface area (Å²) in [6.07, 6.45) is 5.17. The van der Waals surface area contributed by atoms with E-state index in [0.29, 0.717) is 18.5 Å². The quantitative estimate of drug-likeness (QED) is 0.411. The Bertz CT molecular complexity index is 571. The monoisotopic (exact) mass is 379 g/mol. The summed E-state index contributed by atoms with van der Waals surface area (Å²) in [5.41, 5.74) is -0.0328. The number of hydrogen-bond donors (Lipinski definition) is 2. The Kier molecular flexibility index (Phi) is 8.57. The molecule has 0 atom stereocenters. The van der Waals surface area contributed by atoms with E-state index in [1.54, 1.807) is 7.11 Å². The van der Waals surface area contributed by atoms with Crippen molar-refractivity contribution in [3.63, 3.8) is 0 Å². The summed E-state index contributed by atoms with van der Waals surface area (Å²) < 4.78 is 11.0. The number of methoxy groups -OCH3 is 1. The van der Waals surface area contributed by atoms with Crippen molar-refractivity contribution in [1.82, 2.24) is 20.5 Å². The lowest BCUT2D eigenvalue weighted by Gasteiger charge is -2.33. The van der Waals surface area contributed by atoms with Gasteiger partial charge in [-0.2, -0.15) is 0 Å². The molecule has 0 bridgehead atoms. The number of hydrogen-bond acceptors (Lipinski definition) is 5. The van der Waals surface area contributed by atoms with E-state index in [-0.39, 0.29) is 5.41 Å². The van der Waals surface area contributed by atoms with Gasteiger partial charge in [0.25, 0.3) is 0 Å². The zero-order valence-corrected chi connectivity index (χ0v) is 17.7. The molecule has 1 aromatic rings. The highest BCUT2D eigenvalue weighted by atomic mass is 16.5. The van der Waals surface area contributed by atoms with E-state index in [1.807, 2.05) is 6.20 Å². The average molecular weight is 380 g/mol. The summed E-state index contributed by atoms with van der Waals surface area (Å²) in [7, 11) is 1.76. The molecule has 1 fully saturated rings. The van der Waals surface area contributed by atoms with Crippen molar-refractivity contribution in [3.05, 3.63) is 17.8 Å². The number of piperidine rings is 1. The summed E-state index contributed by atoms with van der Waals surface area (Å²) in [5.74, 6) is 2.39. The lowest BCUT2D eigenvalue weighted by Crippen LogP contribution is -2.48. The van der Waals surface area contributed by atoms with E-state index in [4.69, 9.17) is 9.15 Å². The molecule has 0 aliphatic carbocycles. The van der Waals surface area contributed by atoms with Crippen LogP contribution < -0.4 is 10.6 Å². The predicted octanol–water partition coefficient (Wildman–Crippen LogP) is 2.53. The number of nitrogens with one attached hydrogen (secondary N) is 2. The highest BCUT2D eigenvalue weighted by molar-refractivity contribution is 5.80. The standard InChI is InChI=1S/C20H37N5O2/c1-6-21-19(23-15-18-22-14-17(27-18)20(2,3)4)24-16-8-11-25(12-9-16)10-7-13-26-5/h14,16H,6-13,15H2,1-5H3,(H2,21,23,24). The van der Waals surface area contributed by atoms with Gasteiger partial charge in [0.15, 0.2) is 5.96 Å². The molecule has 0 spiro atoms. The van der Waals surface area contributed by atoms with Crippen LogP contribution in [0.1, 0.15) is 58.6 Å². The molecule has 0 radical (unpaired) electrons. The Labute approximate surface area is 164 Å². The number of guanidine groups is 1. The molecule has 1 aliphatic heterocycles. The molecular formula is C20H37N5O2. The summed E-state index contributed by atoms with van der Waals surface area (Å²) in [4.78, 5) is 11.5. The van der Waals surface area contributed by atoms with Gasteiger partial charge >= 0.3 is 0 Å². The first-order valence-electron chi connectivity index (χ1n) is 10.1. The minimum Gasteiger partial charge on any atom is -0.443 e. The Morgan fingerprint density at radius 2 is 2.11 bits per heavy atom. The van der Waals surface area contributed by atoms with Crippen molar-refractivity contribution >= 4 is 5.96 Å². The SMILES string of the molecule is CCNC(=NCc1ncc(C(C)(C)C)o1)NC1CCN(CCCOC)CC1. The van der Waals surface area contributed by atoms with Crippen molar-refractivity contribution < 1.29 is 9.15 Å². The lowest BCUT2D eigenvalue weighted by atomic mass is 9.94. The minimum atomic E-state index is -0.0328. The van der Waals surface area contributed by atoms with Gasteiger partial charge in [0.2, 0.25) is 5.89 Å². The van der Waals surface area contributed by atoms with Gasteiger partial charge in [-0.1, -0.05) is 20.8 Å². The van der Waals surface area contributed by atoms with Crippen LogP contribution in [-0.2, 0) is 16.7 Å². The van der Waals surface area contributed by atoms with Crippen LogP contribution in [0.2, 0.25) is 0 Å². The fraction of sp³-hybridized carbons (Fsp3) is 0.800. The number of aliphatic imine (C=N–C) groups is 1. The van der Waals surface area contributed by atoms with Gasteiger partial charge < -0.3 is 24.7 Å². The number of aromatic nitrogens is 1. The van der Waals surface area contributed by atoms with E-state index in [9.17, 15) is 0 Å². The van der Waals surface area contributed by atoms with E-state index in [2.05, 4.69) is 53.2 Å². The van der Waals surface area contributed by atoms with E-state index < -0.39 is 0 Å². The third-order valence-electron chi connectivity index (χ3n) is 4.76. The van der Waals surface area contributed by atoms with Crippen molar-refractivity contribution in [1.29, 1.82) is 0 Å². The van der Waals surface area contributed by atoms with Gasteiger partial charge in [0.1, 0.15) is 12.3 Å². The molecular weight excluding hydrogens is 342 g/mol. The van der Waals surface area contributed by atoms with E-state index >= 15 is 0 Å². The van der Waals surface area contributed by atoms with Gasteiger partial charge in [-0.25, -0.2) is 9.98 Å². The van der Waals surface area contributed by atoms with Gasteiger partial charge in [0, 0.05) is 51.4 Å². The third kappa shape index (κ3) is 7.50. The maximum atomic E-state index is 5.84. The summed E-state index contributed by atoms with van der Waals surface area (Å²) in [6.45, 7) is 13.9. The molecule has 0 unspecified atom stereocenters. The molecule has 0 saturated carbocycles. The number of ether oxygens (including phenoxy) is 1. The van der Waals surface area contributed by atoms with E-state index in [0.717, 1.165) is 63.8 Å². The summed E-state index contributed by atoms with van der Waals surface area (Å²) in [6, 6.07) is 0.455. The molecule has 0 aromatic carbocycles. The van der Waals surface area contributed by atoms with Gasteiger partial charge in [-0.05, 0) is 26.2 Å². The number of likely N-dealkylation sites (tertiary alicyclic amines) is 1. The zero-order valence-electron chi connectivity index (χ0n) is 17.7. The Morgan fingerprint density at radius 1 is 1.37 bits per heavy atom. The van der Waals surface area contributed by atoms with Crippen LogP contribution in [0.25, 0.3) is 0 Å². The molecule has 7 nitrogen and oxygen atoms in total. The smallest absolute Gasteiger partial charge is 0.216 e. The minimum absolute atomic E-state index is 0.0328. The first-order chi connectivity index (χ1) is 12.9.